The first-order chi connectivity index (χ1) is 9.56. The highest BCUT2D eigenvalue weighted by Crippen LogP contribution is 2.32. The summed E-state index contributed by atoms with van der Waals surface area (Å²) in [5, 5.41) is 12.4. The number of aliphatic hydroxyl groups is 1. The van der Waals surface area contributed by atoms with E-state index >= 15 is 0 Å². The molecule has 1 atom stereocenters. The number of amides is 1. The number of carbonyl (C=O) groups excluding carboxylic acids is 1. The Labute approximate surface area is 120 Å². The van der Waals surface area contributed by atoms with Crippen molar-refractivity contribution in [3.63, 3.8) is 0 Å². The van der Waals surface area contributed by atoms with Crippen molar-refractivity contribution in [3.8, 4) is 0 Å². The molecule has 2 N–H and O–H groups in total. The molecule has 0 aliphatic heterocycles. The van der Waals surface area contributed by atoms with Crippen LogP contribution in [0.4, 0.5) is 5.69 Å². The van der Waals surface area contributed by atoms with Crippen LogP contribution in [0.15, 0.2) is 30.3 Å². The second-order valence-electron chi connectivity index (χ2n) is 5.47. The molecule has 0 spiro atoms. The number of rotatable bonds is 6. The van der Waals surface area contributed by atoms with Gasteiger partial charge in [0.15, 0.2) is 0 Å². The van der Waals surface area contributed by atoms with Crippen LogP contribution in [-0.2, 0) is 4.79 Å². The third-order valence-electron chi connectivity index (χ3n) is 3.49. The van der Waals surface area contributed by atoms with Crippen LogP contribution in [0.25, 0.3) is 6.08 Å². The molecule has 0 aromatic heterocycles. The van der Waals surface area contributed by atoms with E-state index in [0.717, 1.165) is 24.1 Å². The van der Waals surface area contributed by atoms with E-state index in [2.05, 4.69) is 5.32 Å². The van der Waals surface area contributed by atoms with Crippen molar-refractivity contribution in [2.24, 2.45) is 5.92 Å². The smallest absolute Gasteiger partial charge is 0.244 e. The van der Waals surface area contributed by atoms with Crippen molar-refractivity contribution in [1.82, 2.24) is 5.32 Å². The van der Waals surface area contributed by atoms with Gasteiger partial charge in [0.1, 0.15) is 0 Å². The number of nitrogens with one attached hydrogen (secondary N) is 1. The lowest BCUT2D eigenvalue weighted by atomic mass is 10.2. The monoisotopic (exact) mass is 274 g/mol. The summed E-state index contributed by atoms with van der Waals surface area (Å²) in [6, 6.07) is 7.96. The summed E-state index contributed by atoms with van der Waals surface area (Å²) in [6.45, 7) is 0.341. The normalized spacial score (nSPS) is 16.1. The molecular formula is C16H22N2O2. The van der Waals surface area contributed by atoms with Gasteiger partial charge in [0.2, 0.25) is 5.91 Å². The summed E-state index contributed by atoms with van der Waals surface area (Å²) in [7, 11) is 3.98. The molecule has 4 heteroatoms. The third-order valence-corrected chi connectivity index (χ3v) is 3.49. The van der Waals surface area contributed by atoms with Gasteiger partial charge in [-0.25, -0.2) is 0 Å². The first kappa shape index (κ1) is 14.6. The highest BCUT2D eigenvalue weighted by Gasteiger charge is 2.29. The average Bonchev–Trinajstić information content (AvgIpc) is 3.27. The molecule has 2 rings (SSSR count). The van der Waals surface area contributed by atoms with E-state index in [1.54, 1.807) is 6.08 Å². The Morgan fingerprint density at radius 1 is 1.40 bits per heavy atom. The lowest BCUT2D eigenvalue weighted by molar-refractivity contribution is -0.116. The third kappa shape index (κ3) is 4.38. The van der Waals surface area contributed by atoms with E-state index < -0.39 is 6.10 Å². The Bertz CT molecular complexity index is 476. The molecule has 1 aromatic carbocycles. The largest absolute Gasteiger partial charge is 0.391 e. The maximum Gasteiger partial charge on any atom is 0.244 e. The highest BCUT2D eigenvalue weighted by atomic mass is 16.3. The molecule has 0 radical (unpaired) electrons. The van der Waals surface area contributed by atoms with Gasteiger partial charge in [-0.3, -0.25) is 4.79 Å². The van der Waals surface area contributed by atoms with Gasteiger partial charge in [0, 0.05) is 32.4 Å². The molecule has 0 heterocycles. The first-order valence-electron chi connectivity index (χ1n) is 6.97. The van der Waals surface area contributed by atoms with Gasteiger partial charge in [-0.1, -0.05) is 12.1 Å². The zero-order chi connectivity index (χ0) is 14.5. The minimum atomic E-state index is -0.397. The van der Waals surface area contributed by atoms with Gasteiger partial charge >= 0.3 is 0 Å². The zero-order valence-corrected chi connectivity index (χ0v) is 12.0. The Morgan fingerprint density at radius 2 is 2.05 bits per heavy atom. The quantitative estimate of drug-likeness (QED) is 0.776. The van der Waals surface area contributed by atoms with Crippen LogP contribution in [0, 0.1) is 5.92 Å². The summed E-state index contributed by atoms with van der Waals surface area (Å²) in [6.07, 6.45) is 5.03. The molecule has 0 saturated heterocycles. The molecular weight excluding hydrogens is 252 g/mol. The molecule has 4 nitrogen and oxygen atoms in total. The van der Waals surface area contributed by atoms with Crippen LogP contribution in [0.3, 0.4) is 0 Å². The van der Waals surface area contributed by atoms with E-state index in [9.17, 15) is 9.90 Å². The fourth-order valence-corrected chi connectivity index (χ4v) is 1.97. The van der Waals surface area contributed by atoms with Crippen molar-refractivity contribution < 1.29 is 9.90 Å². The number of aliphatic hydroxyl groups excluding tert-OH is 1. The fourth-order valence-electron chi connectivity index (χ4n) is 1.97. The molecule has 1 unspecified atom stereocenters. The van der Waals surface area contributed by atoms with Crippen molar-refractivity contribution in [2.75, 3.05) is 25.5 Å². The maximum atomic E-state index is 11.6. The molecule has 20 heavy (non-hydrogen) atoms. The number of benzene rings is 1. The second-order valence-corrected chi connectivity index (χ2v) is 5.47. The van der Waals surface area contributed by atoms with Crippen LogP contribution < -0.4 is 10.2 Å². The topological polar surface area (TPSA) is 52.6 Å². The lowest BCUT2D eigenvalue weighted by Gasteiger charge is -2.11. The van der Waals surface area contributed by atoms with E-state index in [1.807, 2.05) is 43.3 Å². The van der Waals surface area contributed by atoms with Crippen molar-refractivity contribution in [1.29, 1.82) is 0 Å². The Morgan fingerprint density at radius 3 is 2.60 bits per heavy atom. The number of hydrogen-bond acceptors (Lipinski definition) is 3. The predicted molar refractivity (Wildman–Crippen MR) is 81.5 cm³/mol. The molecule has 1 saturated carbocycles. The number of nitrogens with zero attached hydrogens (tertiary/aromatic N) is 1. The van der Waals surface area contributed by atoms with Crippen molar-refractivity contribution in [3.05, 3.63) is 35.9 Å². The summed E-state index contributed by atoms with van der Waals surface area (Å²) in [5.74, 6) is 0.222. The molecule has 0 bridgehead atoms. The molecule has 1 aliphatic carbocycles. The van der Waals surface area contributed by atoms with Crippen molar-refractivity contribution in [2.45, 2.75) is 18.9 Å². The second kappa shape index (κ2) is 6.57. The predicted octanol–water partition coefficient (Wildman–Crippen LogP) is 1.65. The lowest BCUT2D eigenvalue weighted by Crippen LogP contribution is -2.31. The summed E-state index contributed by atoms with van der Waals surface area (Å²) < 4.78 is 0. The average molecular weight is 274 g/mol. The Kier molecular flexibility index (Phi) is 4.79. The molecule has 108 valence electrons. The minimum Gasteiger partial charge on any atom is -0.391 e. The van der Waals surface area contributed by atoms with Gasteiger partial charge in [-0.05, 0) is 42.5 Å². The maximum absolute atomic E-state index is 11.6. The van der Waals surface area contributed by atoms with Crippen LogP contribution in [0.1, 0.15) is 18.4 Å². The Balaban J connectivity index is 1.80. The molecule has 1 aromatic rings. The van der Waals surface area contributed by atoms with Gasteiger partial charge in [0.05, 0.1) is 6.10 Å². The van der Waals surface area contributed by atoms with Gasteiger partial charge in [-0.15, -0.1) is 0 Å². The van der Waals surface area contributed by atoms with Gasteiger partial charge in [-0.2, -0.15) is 0 Å². The van der Waals surface area contributed by atoms with Gasteiger partial charge in [0.25, 0.3) is 0 Å². The molecule has 1 aliphatic rings. The van der Waals surface area contributed by atoms with Crippen LogP contribution in [-0.4, -0.2) is 37.8 Å². The molecule has 1 fully saturated rings. The van der Waals surface area contributed by atoms with Crippen molar-refractivity contribution >= 4 is 17.7 Å². The zero-order valence-electron chi connectivity index (χ0n) is 12.0. The van der Waals surface area contributed by atoms with Crippen LogP contribution in [0.2, 0.25) is 0 Å². The Hall–Kier alpha value is -1.81. The van der Waals surface area contributed by atoms with E-state index in [-0.39, 0.29) is 5.91 Å². The van der Waals surface area contributed by atoms with E-state index in [1.165, 1.54) is 6.08 Å². The number of hydrogen-bond donors (Lipinski definition) is 2. The molecule has 1 amide bonds. The number of carbonyl (C=O) groups is 1. The minimum absolute atomic E-state index is 0.165. The SMILES string of the molecule is CN(C)c1ccc(C=CC(=O)NCC(O)C2CC2)cc1. The van der Waals surface area contributed by atoms with Gasteiger partial charge < -0.3 is 15.3 Å². The van der Waals surface area contributed by atoms with E-state index in [4.69, 9.17) is 0 Å². The van der Waals surface area contributed by atoms with E-state index in [0.29, 0.717) is 12.5 Å². The standard InChI is InChI=1S/C16H22N2O2/c1-18(2)14-8-3-12(4-9-14)5-10-16(20)17-11-15(19)13-6-7-13/h3-5,8-10,13,15,19H,6-7,11H2,1-2H3,(H,17,20). The summed E-state index contributed by atoms with van der Waals surface area (Å²) in [4.78, 5) is 13.6. The fraction of sp³-hybridized carbons (Fsp3) is 0.438. The highest BCUT2D eigenvalue weighted by molar-refractivity contribution is 5.91. The number of anilines is 1. The first-order valence-corrected chi connectivity index (χ1v) is 6.97. The summed E-state index contributed by atoms with van der Waals surface area (Å²) >= 11 is 0. The van der Waals surface area contributed by atoms with Crippen LogP contribution in [0.5, 0.6) is 0 Å². The van der Waals surface area contributed by atoms with Crippen LogP contribution >= 0.6 is 0 Å². The summed E-state index contributed by atoms with van der Waals surface area (Å²) in [5.41, 5.74) is 2.10.